The molecule has 0 aromatic heterocycles. The Morgan fingerprint density at radius 1 is 1.53 bits per heavy atom. The molecular formula is C13H18ClFN4. The molecule has 4 nitrogen and oxygen atoms in total. The molecule has 6 heteroatoms. The van der Waals surface area contributed by atoms with Gasteiger partial charge in [-0.2, -0.15) is 0 Å². The van der Waals surface area contributed by atoms with E-state index >= 15 is 0 Å². The van der Waals surface area contributed by atoms with Crippen LogP contribution in [0.15, 0.2) is 23.2 Å². The maximum absolute atomic E-state index is 14.1. The lowest BCUT2D eigenvalue weighted by atomic mass is 10.1. The number of aliphatic imine (C=N–C) groups is 1. The molecule has 1 unspecified atom stereocenters. The standard InChI is InChI=1S/C13H18ClFN4/c1-18(2)6-7-19-11(8-17-13(19)16)9-4-3-5-10(14)12(9)15/h3-5,11H,6-8H2,1-2H3,(H2,16,17). The molecule has 1 heterocycles. The Kier molecular flexibility index (Phi) is 4.27. The fraction of sp³-hybridized carbons (Fsp3) is 0.462. The molecule has 1 atom stereocenters. The van der Waals surface area contributed by atoms with Crippen LogP contribution in [0.4, 0.5) is 4.39 Å². The molecule has 0 bridgehead atoms. The summed E-state index contributed by atoms with van der Waals surface area (Å²) in [5.74, 6) is 0.0835. The number of halogens is 2. The molecule has 2 rings (SSSR count). The summed E-state index contributed by atoms with van der Waals surface area (Å²) in [4.78, 5) is 8.19. The van der Waals surface area contributed by atoms with Gasteiger partial charge in [-0.15, -0.1) is 0 Å². The van der Waals surface area contributed by atoms with Crippen LogP contribution in [-0.2, 0) is 0 Å². The lowest BCUT2D eigenvalue weighted by Gasteiger charge is -2.28. The molecule has 1 aliphatic rings. The lowest BCUT2D eigenvalue weighted by Crippen LogP contribution is -2.40. The third-order valence-electron chi connectivity index (χ3n) is 3.23. The maximum Gasteiger partial charge on any atom is 0.191 e. The van der Waals surface area contributed by atoms with Crippen molar-refractivity contribution in [2.45, 2.75) is 6.04 Å². The SMILES string of the molecule is CN(C)CCN1C(N)=NCC1c1cccc(Cl)c1F. The number of benzene rings is 1. The van der Waals surface area contributed by atoms with E-state index in [2.05, 4.69) is 9.89 Å². The molecule has 1 aromatic rings. The predicted octanol–water partition coefficient (Wildman–Crippen LogP) is 1.71. The van der Waals surface area contributed by atoms with Crippen molar-refractivity contribution in [2.75, 3.05) is 33.7 Å². The van der Waals surface area contributed by atoms with Gasteiger partial charge in [0.15, 0.2) is 5.96 Å². The third-order valence-corrected chi connectivity index (χ3v) is 3.52. The quantitative estimate of drug-likeness (QED) is 0.915. The Labute approximate surface area is 117 Å². The highest BCUT2D eigenvalue weighted by Crippen LogP contribution is 2.30. The summed E-state index contributed by atoms with van der Waals surface area (Å²) in [5, 5.41) is 0.135. The van der Waals surface area contributed by atoms with E-state index in [0.29, 0.717) is 24.6 Å². The molecule has 104 valence electrons. The molecule has 0 amide bonds. The number of guanidine groups is 1. The molecule has 0 saturated heterocycles. The zero-order chi connectivity index (χ0) is 14.0. The van der Waals surface area contributed by atoms with Crippen molar-refractivity contribution < 1.29 is 4.39 Å². The van der Waals surface area contributed by atoms with Crippen LogP contribution < -0.4 is 5.73 Å². The van der Waals surface area contributed by atoms with Gasteiger partial charge in [-0.05, 0) is 20.2 Å². The van der Waals surface area contributed by atoms with Gasteiger partial charge >= 0.3 is 0 Å². The van der Waals surface area contributed by atoms with E-state index in [1.807, 2.05) is 19.0 Å². The Hall–Kier alpha value is -1.33. The second-order valence-corrected chi connectivity index (χ2v) is 5.26. The summed E-state index contributed by atoms with van der Waals surface area (Å²) in [6.45, 7) is 2.00. The molecule has 0 spiro atoms. The second-order valence-electron chi connectivity index (χ2n) is 4.85. The highest BCUT2D eigenvalue weighted by Gasteiger charge is 2.29. The first-order chi connectivity index (χ1) is 9.00. The van der Waals surface area contributed by atoms with E-state index < -0.39 is 0 Å². The van der Waals surface area contributed by atoms with Gasteiger partial charge in [0, 0.05) is 18.7 Å². The van der Waals surface area contributed by atoms with Gasteiger partial charge in [0.2, 0.25) is 0 Å². The average molecular weight is 285 g/mol. The summed E-state index contributed by atoms with van der Waals surface area (Å²) >= 11 is 5.83. The summed E-state index contributed by atoms with van der Waals surface area (Å²) in [6, 6.07) is 4.87. The van der Waals surface area contributed by atoms with E-state index in [0.717, 1.165) is 6.54 Å². The van der Waals surface area contributed by atoms with Gasteiger partial charge in [-0.1, -0.05) is 23.7 Å². The van der Waals surface area contributed by atoms with Gasteiger partial charge in [0.05, 0.1) is 17.6 Å². The number of likely N-dealkylation sites (N-methyl/N-ethyl adjacent to an activating group) is 1. The van der Waals surface area contributed by atoms with E-state index in [9.17, 15) is 4.39 Å². The van der Waals surface area contributed by atoms with Crippen LogP contribution in [0, 0.1) is 5.82 Å². The average Bonchev–Trinajstić information content (AvgIpc) is 2.71. The number of nitrogens with two attached hydrogens (primary N) is 1. The first-order valence-electron chi connectivity index (χ1n) is 6.16. The second kappa shape index (κ2) is 5.75. The van der Waals surface area contributed by atoms with E-state index in [1.54, 1.807) is 18.2 Å². The molecule has 0 aliphatic carbocycles. The monoisotopic (exact) mass is 284 g/mol. The Morgan fingerprint density at radius 3 is 2.95 bits per heavy atom. The van der Waals surface area contributed by atoms with Crippen molar-refractivity contribution in [3.8, 4) is 0 Å². The minimum absolute atomic E-state index is 0.135. The van der Waals surface area contributed by atoms with Crippen molar-refractivity contribution >= 4 is 17.6 Å². The van der Waals surface area contributed by atoms with Crippen molar-refractivity contribution in [2.24, 2.45) is 10.7 Å². The van der Waals surface area contributed by atoms with Gasteiger partial charge in [-0.3, -0.25) is 4.99 Å². The molecule has 0 radical (unpaired) electrons. The van der Waals surface area contributed by atoms with E-state index in [-0.39, 0.29) is 16.9 Å². The van der Waals surface area contributed by atoms with Gasteiger partial charge in [0.25, 0.3) is 0 Å². The number of hydrogen-bond donors (Lipinski definition) is 1. The van der Waals surface area contributed by atoms with Crippen molar-refractivity contribution in [3.05, 3.63) is 34.6 Å². The summed E-state index contributed by atoms with van der Waals surface area (Å²) < 4.78 is 14.1. The summed E-state index contributed by atoms with van der Waals surface area (Å²) in [6.07, 6.45) is 0. The molecule has 1 aromatic carbocycles. The van der Waals surface area contributed by atoms with Crippen LogP contribution in [0.25, 0.3) is 0 Å². The van der Waals surface area contributed by atoms with Crippen LogP contribution in [0.5, 0.6) is 0 Å². The molecule has 0 saturated carbocycles. The summed E-state index contributed by atoms with van der Waals surface area (Å²) in [5.41, 5.74) is 6.43. The van der Waals surface area contributed by atoms with Crippen LogP contribution >= 0.6 is 11.6 Å². The summed E-state index contributed by atoms with van der Waals surface area (Å²) in [7, 11) is 3.97. The van der Waals surface area contributed by atoms with E-state index in [1.165, 1.54) is 0 Å². The van der Waals surface area contributed by atoms with Crippen molar-refractivity contribution in [1.29, 1.82) is 0 Å². The molecule has 19 heavy (non-hydrogen) atoms. The van der Waals surface area contributed by atoms with Crippen LogP contribution in [0.1, 0.15) is 11.6 Å². The van der Waals surface area contributed by atoms with Crippen LogP contribution in [0.2, 0.25) is 5.02 Å². The van der Waals surface area contributed by atoms with Crippen molar-refractivity contribution in [1.82, 2.24) is 9.80 Å². The first-order valence-corrected chi connectivity index (χ1v) is 6.53. The normalized spacial score (nSPS) is 19.1. The zero-order valence-electron chi connectivity index (χ0n) is 11.1. The number of rotatable bonds is 4. The topological polar surface area (TPSA) is 44.9 Å². The Morgan fingerprint density at radius 2 is 2.26 bits per heavy atom. The molecule has 2 N–H and O–H groups in total. The minimum atomic E-state index is -0.381. The fourth-order valence-corrected chi connectivity index (χ4v) is 2.33. The van der Waals surface area contributed by atoms with Gasteiger partial charge in [-0.25, -0.2) is 4.39 Å². The molecule has 1 aliphatic heterocycles. The third kappa shape index (κ3) is 2.98. The molecular weight excluding hydrogens is 267 g/mol. The highest BCUT2D eigenvalue weighted by atomic mass is 35.5. The first kappa shape index (κ1) is 14.1. The van der Waals surface area contributed by atoms with Crippen molar-refractivity contribution in [3.63, 3.8) is 0 Å². The zero-order valence-corrected chi connectivity index (χ0v) is 11.9. The Balaban J connectivity index is 2.21. The van der Waals surface area contributed by atoms with Crippen LogP contribution in [0.3, 0.4) is 0 Å². The van der Waals surface area contributed by atoms with E-state index in [4.69, 9.17) is 17.3 Å². The van der Waals surface area contributed by atoms with Gasteiger partial charge in [0.1, 0.15) is 5.82 Å². The largest absolute Gasteiger partial charge is 0.370 e. The fourth-order valence-electron chi connectivity index (χ4n) is 2.15. The minimum Gasteiger partial charge on any atom is -0.370 e. The molecule has 0 fully saturated rings. The maximum atomic E-state index is 14.1. The predicted molar refractivity (Wildman–Crippen MR) is 75.9 cm³/mol. The van der Waals surface area contributed by atoms with Gasteiger partial charge < -0.3 is 15.5 Å². The van der Waals surface area contributed by atoms with Crippen LogP contribution in [-0.4, -0.2) is 49.5 Å². The highest BCUT2D eigenvalue weighted by molar-refractivity contribution is 6.30. The number of nitrogens with zero attached hydrogens (tertiary/aromatic N) is 3. The Bertz CT molecular complexity index is 490. The number of hydrogen-bond acceptors (Lipinski definition) is 4. The smallest absolute Gasteiger partial charge is 0.191 e. The lowest BCUT2D eigenvalue weighted by molar-refractivity contribution is 0.289.